The molecule has 3 rings (SSSR count). The molecule has 2 aromatic carbocycles. The second-order valence-corrected chi connectivity index (χ2v) is 11.9. The standard InChI is InChI=1S/C26H35N3O8S/c1-26(2,3)37-25(32)28-22(14-18-8-6-5-7-9-18)23(30)16-29(15-19-17-36-24(31)27-19)38(33,34)21-12-10-20(35-4)11-13-21/h5-13,19,22-23,30H,14-17H2,1-4H3,(H,27,31)(H,28,32)/t19-,22-,23+/m0/s1. The van der Waals surface area contributed by atoms with Gasteiger partial charge in [-0.1, -0.05) is 30.3 Å². The number of alkyl carbamates (subject to hydrolysis) is 2. The Bertz CT molecular complexity index is 1180. The van der Waals surface area contributed by atoms with E-state index in [-0.39, 0.29) is 31.0 Å². The maximum Gasteiger partial charge on any atom is 0.407 e. The Balaban J connectivity index is 1.87. The number of hydrogen-bond donors (Lipinski definition) is 3. The van der Waals surface area contributed by atoms with E-state index in [2.05, 4.69) is 10.6 Å². The van der Waals surface area contributed by atoms with Crippen molar-refractivity contribution in [1.82, 2.24) is 14.9 Å². The summed E-state index contributed by atoms with van der Waals surface area (Å²) in [7, 11) is -2.65. The predicted molar refractivity (Wildman–Crippen MR) is 139 cm³/mol. The molecule has 1 saturated heterocycles. The summed E-state index contributed by atoms with van der Waals surface area (Å²) >= 11 is 0. The highest BCUT2D eigenvalue weighted by Crippen LogP contribution is 2.22. The number of sulfonamides is 1. The molecule has 0 bridgehead atoms. The van der Waals surface area contributed by atoms with Crippen molar-refractivity contribution in [2.75, 3.05) is 26.8 Å². The van der Waals surface area contributed by atoms with Gasteiger partial charge in [-0.25, -0.2) is 18.0 Å². The van der Waals surface area contributed by atoms with Crippen molar-refractivity contribution in [3.63, 3.8) is 0 Å². The van der Waals surface area contributed by atoms with Crippen LogP contribution in [0.5, 0.6) is 5.75 Å². The van der Waals surface area contributed by atoms with Crippen LogP contribution in [0.25, 0.3) is 0 Å². The Morgan fingerprint density at radius 3 is 2.39 bits per heavy atom. The van der Waals surface area contributed by atoms with Gasteiger partial charge in [-0.3, -0.25) is 0 Å². The molecule has 2 aromatic rings. The fourth-order valence-electron chi connectivity index (χ4n) is 3.88. The Kier molecular flexibility index (Phi) is 9.58. The van der Waals surface area contributed by atoms with Gasteiger partial charge >= 0.3 is 12.2 Å². The number of nitrogens with one attached hydrogen (secondary N) is 2. The third-order valence-electron chi connectivity index (χ3n) is 5.71. The largest absolute Gasteiger partial charge is 0.497 e. The van der Waals surface area contributed by atoms with Gasteiger partial charge in [0.25, 0.3) is 0 Å². The average molecular weight is 550 g/mol. The lowest BCUT2D eigenvalue weighted by atomic mass is 10.0. The molecule has 38 heavy (non-hydrogen) atoms. The van der Waals surface area contributed by atoms with Crippen LogP contribution in [0.15, 0.2) is 59.5 Å². The molecule has 0 aromatic heterocycles. The van der Waals surface area contributed by atoms with E-state index >= 15 is 0 Å². The summed E-state index contributed by atoms with van der Waals surface area (Å²) in [5.41, 5.74) is 0.0603. The fourth-order valence-corrected chi connectivity index (χ4v) is 5.39. The number of carbonyl (C=O) groups excluding carboxylic acids is 2. The second-order valence-electron chi connectivity index (χ2n) is 9.95. The number of benzene rings is 2. The highest BCUT2D eigenvalue weighted by molar-refractivity contribution is 7.89. The van der Waals surface area contributed by atoms with Gasteiger partial charge in [0.15, 0.2) is 0 Å². The topological polar surface area (TPSA) is 144 Å². The minimum absolute atomic E-state index is 0.0181. The van der Waals surface area contributed by atoms with Crippen molar-refractivity contribution in [2.45, 2.75) is 55.9 Å². The van der Waals surface area contributed by atoms with E-state index in [0.29, 0.717) is 5.75 Å². The normalized spacial score (nSPS) is 17.3. The number of aliphatic hydroxyl groups is 1. The maximum atomic E-state index is 13.6. The van der Waals surface area contributed by atoms with Crippen LogP contribution in [-0.4, -0.2) is 80.6 Å². The molecule has 0 aliphatic carbocycles. The van der Waals surface area contributed by atoms with Gasteiger partial charge in [0, 0.05) is 13.1 Å². The van der Waals surface area contributed by atoms with Gasteiger partial charge in [0.05, 0.1) is 30.2 Å². The molecule has 1 aliphatic rings. The highest BCUT2D eigenvalue weighted by atomic mass is 32.2. The van der Waals surface area contributed by atoms with E-state index in [0.717, 1.165) is 9.87 Å². The number of hydrogen-bond acceptors (Lipinski definition) is 8. The van der Waals surface area contributed by atoms with E-state index < -0.39 is 46.0 Å². The van der Waals surface area contributed by atoms with Crippen molar-refractivity contribution in [2.24, 2.45) is 0 Å². The maximum absolute atomic E-state index is 13.6. The summed E-state index contributed by atoms with van der Waals surface area (Å²) in [4.78, 5) is 24.1. The van der Waals surface area contributed by atoms with Crippen LogP contribution in [0.2, 0.25) is 0 Å². The van der Waals surface area contributed by atoms with Crippen LogP contribution in [0, 0.1) is 0 Å². The molecule has 1 fully saturated rings. The van der Waals surface area contributed by atoms with Gasteiger partial charge in [-0.15, -0.1) is 0 Å². The van der Waals surface area contributed by atoms with Gasteiger partial charge < -0.3 is 30.0 Å². The van der Waals surface area contributed by atoms with E-state index in [1.807, 2.05) is 30.3 Å². The Labute approximate surface area is 223 Å². The van der Waals surface area contributed by atoms with Crippen molar-refractivity contribution < 1.29 is 37.3 Å². The monoisotopic (exact) mass is 549 g/mol. The number of methoxy groups -OCH3 is 1. The van der Waals surface area contributed by atoms with Crippen LogP contribution in [0.4, 0.5) is 9.59 Å². The molecule has 1 aliphatic heterocycles. The first-order valence-corrected chi connectivity index (χ1v) is 13.6. The number of carbonyl (C=O) groups is 2. The zero-order chi connectivity index (χ0) is 27.9. The summed E-state index contributed by atoms with van der Waals surface area (Å²) in [6.45, 7) is 4.62. The average Bonchev–Trinajstić information content (AvgIpc) is 3.27. The Morgan fingerprint density at radius 1 is 1.18 bits per heavy atom. The third-order valence-corrected chi connectivity index (χ3v) is 7.56. The zero-order valence-electron chi connectivity index (χ0n) is 21.9. The van der Waals surface area contributed by atoms with E-state index in [1.54, 1.807) is 20.8 Å². The number of ether oxygens (including phenoxy) is 3. The molecule has 2 amide bonds. The van der Waals surface area contributed by atoms with Crippen LogP contribution in [-0.2, 0) is 25.9 Å². The summed E-state index contributed by atoms with van der Waals surface area (Å²) in [5.74, 6) is 0.483. The van der Waals surface area contributed by atoms with Crippen LogP contribution >= 0.6 is 0 Å². The molecule has 0 radical (unpaired) electrons. The quantitative estimate of drug-likeness (QED) is 0.387. The van der Waals surface area contributed by atoms with Crippen molar-refractivity contribution in [3.8, 4) is 5.75 Å². The SMILES string of the molecule is COc1ccc(S(=O)(=O)N(C[C@H]2COC(=O)N2)C[C@@H](O)[C@H](Cc2ccccc2)NC(=O)OC(C)(C)C)cc1. The highest BCUT2D eigenvalue weighted by Gasteiger charge is 2.35. The van der Waals surface area contributed by atoms with Crippen LogP contribution in [0.1, 0.15) is 26.3 Å². The van der Waals surface area contributed by atoms with Crippen LogP contribution in [0.3, 0.4) is 0 Å². The number of nitrogens with zero attached hydrogens (tertiary/aromatic N) is 1. The Hall–Kier alpha value is -3.35. The molecule has 11 nitrogen and oxygen atoms in total. The lowest BCUT2D eigenvalue weighted by Crippen LogP contribution is -2.53. The third kappa shape index (κ3) is 8.33. The van der Waals surface area contributed by atoms with Gasteiger partial charge in [0.2, 0.25) is 10.0 Å². The van der Waals surface area contributed by atoms with Gasteiger partial charge in [-0.2, -0.15) is 4.31 Å². The number of aliphatic hydroxyl groups excluding tert-OH is 1. The van der Waals surface area contributed by atoms with Gasteiger partial charge in [0.1, 0.15) is 18.0 Å². The molecule has 0 saturated carbocycles. The summed E-state index contributed by atoms with van der Waals surface area (Å²) < 4.78 is 43.8. The molecule has 0 spiro atoms. The Morgan fingerprint density at radius 2 is 1.84 bits per heavy atom. The molecule has 0 unspecified atom stereocenters. The molecule has 3 N–H and O–H groups in total. The molecule has 3 atom stereocenters. The molecule has 12 heteroatoms. The smallest absolute Gasteiger partial charge is 0.407 e. The molecule has 208 valence electrons. The van der Waals surface area contributed by atoms with Gasteiger partial charge in [-0.05, 0) is 57.0 Å². The van der Waals surface area contributed by atoms with Crippen molar-refractivity contribution in [1.29, 1.82) is 0 Å². The lowest BCUT2D eigenvalue weighted by molar-refractivity contribution is 0.0400. The predicted octanol–water partition coefficient (Wildman–Crippen LogP) is 2.29. The second kappa shape index (κ2) is 12.5. The summed E-state index contributed by atoms with van der Waals surface area (Å²) in [6, 6.07) is 13.5. The first kappa shape index (κ1) is 29.2. The fraction of sp³-hybridized carbons (Fsp3) is 0.462. The lowest BCUT2D eigenvalue weighted by Gasteiger charge is -2.31. The number of amides is 2. The molecular weight excluding hydrogens is 514 g/mol. The van der Waals surface area contributed by atoms with Crippen LogP contribution < -0.4 is 15.4 Å². The first-order chi connectivity index (χ1) is 17.9. The summed E-state index contributed by atoms with van der Waals surface area (Å²) in [6.07, 6.45) is -2.49. The number of cyclic esters (lactones) is 1. The minimum Gasteiger partial charge on any atom is -0.497 e. The first-order valence-electron chi connectivity index (χ1n) is 12.2. The molecule has 1 heterocycles. The van der Waals surface area contributed by atoms with E-state index in [9.17, 15) is 23.1 Å². The number of rotatable bonds is 11. The van der Waals surface area contributed by atoms with Crippen molar-refractivity contribution in [3.05, 3.63) is 60.2 Å². The van der Waals surface area contributed by atoms with Crippen molar-refractivity contribution >= 4 is 22.2 Å². The van der Waals surface area contributed by atoms with E-state index in [1.165, 1.54) is 31.4 Å². The summed E-state index contributed by atoms with van der Waals surface area (Å²) in [5, 5.41) is 16.5. The minimum atomic E-state index is -4.12. The van der Waals surface area contributed by atoms with E-state index in [4.69, 9.17) is 14.2 Å². The zero-order valence-corrected chi connectivity index (χ0v) is 22.7. The molecular formula is C26H35N3O8S.